The van der Waals surface area contributed by atoms with E-state index in [0.717, 1.165) is 60.8 Å². The Bertz CT molecular complexity index is 1270. The van der Waals surface area contributed by atoms with Gasteiger partial charge in [0, 0.05) is 43.2 Å². The summed E-state index contributed by atoms with van der Waals surface area (Å²) in [5.41, 5.74) is 4.07. The van der Waals surface area contributed by atoms with Crippen LogP contribution in [0.4, 0.5) is 0 Å². The predicted octanol–water partition coefficient (Wildman–Crippen LogP) is 5.19. The van der Waals surface area contributed by atoms with Gasteiger partial charge in [-0.25, -0.2) is 8.42 Å². The fourth-order valence-corrected chi connectivity index (χ4v) is 7.35. The Morgan fingerprint density at radius 2 is 1.59 bits per heavy atom. The molecule has 1 aromatic heterocycles. The third-order valence-corrected chi connectivity index (χ3v) is 9.20. The van der Waals surface area contributed by atoms with Crippen LogP contribution in [0.3, 0.4) is 0 Å². The van der Waals surface area contributed by atoms with Gasteiger partial charge in [-0.2, -0.15) is 0 Å². The summed E-state index contributed by atoms with van der Waals surface area (Å²) in [4.78, 5) is 14.9. The molecule has 5 nitrogen and oxygen atoms in total. The molecule has 1 aliphatic heterocycles. The Kier molecular flexibility index (Phi) is 6.52. The van der Waals surface area contributed by atoms with Crippen LogP contribution >= 0.6 is 0 Å². The molecule has 180 valence electrons. The highest BCUT2D eigenvalue weighted by Gasteiger charge is 2.31. The lowest BCUT2D eigenvalue weighted by Crippen LogP contribution is -2.40. The maximum Gasteiger partial charge on any atom is 0.225 e. The topological polar surface area (TPSA) is 59.4 Å². The number of rotatable bonds is 6. The summed E-state index contributed by atoms with van der Waals surface area (Å²) in [6, 6.07) is 15.4. The monoisotopic (exact) mass is 478 g/mol. The molecule has 0 radical (unpaired) electrons. The van der Waals surface area contributed by atoms with E-state index in [0.29, 0.717) is 11.8 Å². The van der Waals surface area contributed by atoms with E-state index in [4.69, 9.17) is 0 Å². The van der Waals surface area contributed by atoms with Gasteiger partial charge in [-0.05, 0) is 60.4 Å². The molecule has 2 aromatic carbocycles. The fraction of sp³-hybridized carbons (Fsp3) is 0.464. The Morgan fingerprint density at radius 3 is 2.29 bits per heavy atom. The molecule has 0 bridgehead atoms. The molecule has 0 spiro atoms. The van der Waals surface area contributed by atoms with E-state index in [2.05, 4.69) is 28.8 Å². The zero-order valence-corrected chi connectivity index (χ0v) is 20.8. The maximum atomic E-state index is 12.9. The van der Waals surface area contributed by atoms with Crippen LogP contribution in [0.5, 0.6) is 0 Å². The third-order valence-electron chi connectivity index (χ3n) is 7.65. The van der Waals surface area contributed by atoms with Gasteiger partial charge < -0.3 is 9.47 Å². The molecule has 6 heteroatoms. The summed E-state index contributed by atoms with van der Waals surface area (Å²) < 4.78 is 27.9. The van der Waals surface area contributed by atoms with Crippen molar-refractivity contribution in [2.75, 3.05) is 13.1 Å². The van der Waals surface area contributed by atoms with E-state index in [-0.39, 0.29) is 17.4 Å². The molecular weight excluding hydrogens is 444 g/mol. The standard InChI is InChI=1S/C28H34N2O3S/c1-29-18-26(23-13-15-30(16-14-23)28(31)24-9-5-6-10-24)25-17-22(11-12-27(25)29)20-34(32,33)19-21-7-3-2-4-8-21/h2-4,7-8,11-12,17-18,23-24H,5-6,9-10,13-16,19-20H2,1H3. The second-order valence-electron chi connectivity index (χ2n) is 10.1. The van der Waals surface area contributed by atoms with Gasteiger partial charge in [-0.3, -0.25) is 4.79 Å². The SMILES string of the molecule is Cn1cc(C2CCN(C(=O)C3CCCC3)CC2)c2cc(CS(=O)(=O)Cc3ccccc3)ccc21. The molecule has 1 saturated carbocycles. The number of hydrogen-bond acceptors (Lipinski definition) is 3. The van der Waals surface area contributed by atoms with Gasteiger partial charge in [0.1, 0.15) is 0 Å². The molecule has 3 aromatic rings. The molecule has 0 unspecified atom stereocenters. The lowest BCUT2D eigenvalue weighted by atomic mass is 9.88. The predicted molar refractivity (Wildman–Crippen MR) is 136 cm³/mol. The minimum absolute atomic E-state index is 0.0422. The van der Waals surface area contributed by atoms with E-state index in [9.17, 15) is 13.2 Å². The highest BCUT2D eigenvalue weighted by Crippen LogP contribution is 2.36. The number of fused-ring (bicyclic) bond motifs is 1. The summed E-state index contributed by atoms with van der Waals surface area (Å²) in [5, 5.41) is 1.15. The smallest absolute Gasteiger partial charge is 0.225 e. The first-order valence-electron chi connectivity index (χ1n) is 12.5. The van der Waals surface area contributed by atoms with Gasteiger partial charge in [0.2, 0.25) is 5.91 Å². The minimum atomic E-state index is -3.26. The number of piperidine rings is 1. The zero-order valence-electron chi connectivity index (χ0n) is 19.9. The average molecular weight is 479 g/mol. The van der Waals surface area contributed by atoms with Crippen molar-refractivity contribution in [2.24, 2.45) is 13.0 Å². The summed E-state index contributed by atoms with van der Waals surface area (Å²) in [5.74, 6) is 1.10. The number of aryl methyl sites for hydroxylation is 1. The molecule has 5 rings (SSSR count). The van der Waals surface area contributed by atoms with Crippen LogP contribution in [0.15, 0.2) is 54.7 Å². The number of carbonyl (C=O) groups excluding carboxylic acids is 1. The van der Waals surface area contributed by atoms with Crippen molar-refractivity contribution in [3.05, 3.63) is 71.4 Å². The maximum absolute atomic E-state index is 12.9. The molecule has 1 saturated heterocycles. The number of benzene rings is 2. The second-order valence-corrected chi connectivity index (χ2v) is 12.2. The lowest BCUT2D eigenvalue weighted by Gasteiger charge is -2.33. The van der Waals surface area contributed by atoms with Gasteiger partial charge in [0.25, 0.3) is 0 Å². The molecule has 2 heterocycles. The van der Waals surface area contributed by atoms with E-state index in [1.807, 2.05) is 42.5 Å². The first-order chi connectivity index (χ1) is 16.4. The van der Waals surface area contributed by atoms with E-state index >= 15 is 0 Å². The van der Waals surface area contributed by atoms with Gasteiger partial charge in [-0.1, -0.05) is 49.2 Å². The van der Waals surface area contributed by atoms with Crippen molar-refractivity contribution < 1.29 is 13.2 Å². The van der Waals surface area contributed by atoms with Crippen LogP contribution < -0.4 is 0 Å². The molecular formula is C28H34N2O3S. The Morgan fingerprint density at radius 1 is 0.912 bits per heavy atom. The van der Waals surface area contributed by atoms with E-state index in [1.54, 1.807) is 0 Å². The number of hydrogen-bond donors (Lipinski definition) is 0. The summed E-state index contributed by atoms with van der Waals surface area (Å²) in [6.45, 7) is 1.64. The Balaban J connectivity index is 1.32. The van der Waals surface area contributed by atoms with Crippen LogP contribution in [0.1, 0.15) is 61.1 Å². The average Bonchev–Trinajstić information content (AvgIpc) is 3.47. The van der Waals surface area contributed by atoms with Crippen molar-refractivity contribution in [1.29, 1.82) is 0 Å². The fourth-order valence-electron chi connectivity index (χ4n) is 5.86. The molecule has 34 heavy (non-hydrogen) atoms. The molecule has 2 fully saturated rings. The lowest BCUT2D eigenvalue weighted by molar-refractivity contribution is -0.136. The molecule has 1 amide bonds. The van der Waals surface area contributed by atoms with Crippen LogP contribution in [-0.2, 0) is 33.2 Å². The number of amides is 1. The third kappa shape index (κ3) is 4.92. The van der Waals surface area contributed by atoms with Crippen LogP contribution in [0.2, 0.25) is 0 Å². The quantitative estimate of drug-likeness (QED) is 0.490. The van der Waals surface area contributed by atoms with Crippen LogP contribution in [0, 0.1) is 5.92 Å². The normalized spacial score (nSPS) is 18.1. The molecule has 0 N–H and O–H groups in total. The van der Waals surface area contributed by atoms with Gasteiger partial charge >= 0.3 is 0 Å². The minimum Gasteiger partial charge on any atom is -0.350 e. The summed E-state index contributed by atoms with van der Waals surface area (Å²) in [7, 11) is -1.21. The summed E-state index contributed by atoms with van der Waals surface area (Å²) in [6.07, 6.45) is 8.61. The summed E-state index contributed by atoms with van der Waals surface area (Å²) >= 11 is 0. The molecule has 2 aliphatic rings. The van der Waals surface area contributed by atoms with Crippen molar-refractivity contribution in [3.8, 4) is 0 Å². The molecule has 1 aliphatic carbocycles. The van der Waals surface area contributed by atoms with Crippen molar-refractivity contribution >= 4 is 26.6 Å². The number of sulfone groups is 1. The highest BCUT2D eigenvalue weighted by atomic mass is 32.2. The van der Waals surface area contributed by atoms with Gasteiger partial charge in [0.15, 0.2) is 9.84 Å². The molecule has 0 atom stereocenters. The van der Waals surface area contributed by atoms with Crippen LogP contribution in [-0.4, -0.2) is 36.9 Å². The van der Waals surface area contributed by atoms with E-state index in [1.165, 1.54) is 18.4 Å². The Labute approximate surface area is 202 Å². The van der Waals surface area contributed by atoms with Gasteiger partial charge in [-0.15, -0.1) is 0 Å². The first-order valence-corrected chi connectivity index (χ1v) is 14.3. The number of carbonyl (C=O) groups is 1. The van der Waals surface area contributed by atoms with Crippen molar-refractivity contribution in [3.63, 3.8) is 0 Å². The van der Waals surface area contributed by atoms with Crippen molar-refractivity contribution in [2.45, 2.75) is 55.9 Å². The van der Waals surface area contributed by atoms with Crippen molar-refractivity contribution in [1.82, 2.24) is 9.47 Å². The number of nitrogens with zero attached hydrogens (tertiary/aromatic N) is 2. The second kappa shape index (κ2) is 9.57. The zero-order chi connectivity index (χ0) is 23.7. The van der Waals surface area contributed by atoms with E-state index < -0.39 is 9.84 Å². The van der Waals surface area contributed by atoms with Gasteiger partial charge in [0.05, 0.1) is 11.5 Å². The highest BCUT2D eigenvalue weighted by molar-refractivity contribution is 7.89. The Hall–Kier alpha value is -2.60. The first kappa shape index (κ1) is 23.2. The number of aromatic nitrogens is 1. The number of likely N-dealkylation sites (tertiary alicyclic amines) is 1. The van der Waals surface area contributed by atoms with Crippen LogP contribution in [0.25, 0.3) is 10.9 Å². The largest absolute Gasteiger partial charge is 0.350 e.